The lowest BCUT2D eigenvalue weighted by atomic mass is 9.83. The lowest BCUT2D eigenvalue weighted by Gasteiger charge is -2.25. The molecule has 1 aromatic rings. The van der Waals surface area contributed by atoms with Gasteiger partial charge in [-0.2, -0.15) is 4.98 Å². The molecule has 1 aromatic heterocycles. The van der Waals surface area contributed by atoms with Gasteiger partial charge < -0.3 is 10.6 Å². The molecule has 0 spiro atoms. The van der Waals surface area contributed by atoms with E-state index in [0.29, 0.717) is 5.95 Å². The second kappa shape index (κ2) is 5.14. The SMILES string of the molecule is CNc1nc(C)cc(NCCC2CCC2)n1. The Balaban J connectivity index is 1.84. The number of nitrogens with zero attached hydrogens (tertiary/aromatic N) is 2. The number of aryl methyl sites for hydroxylation is 1. The first-order chi connectivity index (χ1) is 7.78. The molecule has 4 heteroatoms. The van der Waals surface area contributed by atoms with Crippen molar-refractivity contribution in [3.05, 3.63) is 11.8 Å². The summed E-state index contributed by atoms with van der Waals surface area (Å²) in [6.07, 6.45) is 5.50. The lowest BCUT2D eigenvalue weighted by molar-refractivity contribution is 0.303. The lowest BCUT2D eigenvalue weighted by Crippen LogP contribution is -2.16. The normalized spacial score (nSPS) is 15.6. The van der Waals surface area contributed by atoms with Gasteiger partial charge in [0.25, 0.3) is 0 Å². The van der Waals surface area contributed by atoms with Crippen LogP contribution >= 0.6 is 0 Å². The van der Waals surface area contributed by atoms with E-state index >= 15 is 0 Å². The van der Waals surface area contributed by atoms with Crippen molar-refractivity contribution >= 4 is 11.8 Å². The third kappa shape index (κ3) is 2.84. The molecule has 1 aliphatic carbocycles. The van der Waals surface area contributed by atoms with E-state index in [1.807, 2.05) is 20.0 Å². The first-order valence-electron chi connectivity index (χ1n) is 6.05. The fraction of sp³-hybridized carbons (Fsp3) is 0.667. The molecule has 0 aromatic carbocycles. The summed E-state index contributed by atoms with van der Waals surface area (Å²) in [4.78, 5) is 8.62. The van der Waals surface area contributed by atoms with E-state index in [0.717, 1.165) is 24.0 Å². The van der Waals surface area contributed by atoms with Gasteiger partial charge in [-0.1, -0.05) is 19.3 Å². The van der Waals surface area contributed by atoms with E-state index in [4.69, 9.17) is 0 Å². The maximum atomic E-state index is 4.36. The van der Waals surface area contributed by atoms with E-state index in [9.17, 15) is 0 Å². The van der Waals surface area contributed by atoms with Crippen LogP contribution in [0.25, 0.3) is 0 Å². The average molecular weight is 220 g/mol. The summed E-state index contributed by atoms with van der Waals surface area (Å²) in [5.74, 6) is 2.56. The fourth-order valence-corrected chi connectivity index (χ4v) is 1.96. The van der Waals surface area contributed by atoms with Gasteiger partial charge in [0.15, 0.2) is 0 Å². The van der Waals surface area contributed by atoms with Crippen molar-refractivity contribution < 1.29 is 0 Å². The highest BCUT2D eigenvalue weighted by atomic mass is 15.1. The Labute approximate surface area is 96.9 Å². The molecule has 1 saturated carbocycles. The molecule has 0 saturated heterocycles. The molecule has 2 rings (SSSR count). The molecule has 0 aliphatic heterocycles. The predicted molar refractivity (Wildman–Crippen MR) is 66.8 cm³/mol. The van der Waals surface area contributed by atoms with E-state index < -0.39 is 0 Å². The van der Waals surface area contributed by atoms with Crippen molar-refractivity contribution in [3.63, 3.8) is 0 Å². The standard InChI is InChI=1S/C12H20N4/c1-9-8-11(16-12(13-2)15-9)14-7-6-10-4-3-5-10/h8,10H,3-7H2,1-2H3,(H2,13,14,15,16). The summed E-state index contributed by atoms with van der Waals surface area (Å²) in [6, 6.07) is 1.99. The number of rotatable bonds is 5. The van der Waals surface area contributed by atoms with Crippen molar-refractivity contribution in [2.75, 3.05) is 24.2 Å². The van der Waals surface area contributed by atoms with Gasteiger partial charge in [-0.05, 0) is 19.3 Å². The molecule has 1 aliphatic rings. The minimum absolute atomic E-state index is 0.686. The molecule has 0 radical (unpaired) electrons. The Morgan fingerprint density at radius 3 is 2.81 bits per heavy atom. The minimum Gasteiger partial charge on any atom is -0.370 e. The van der Waals surface area contributed by atoms with E-state index in [-0.39, 0.29) is 0 Å². The summed E-state index contributed by atoms with van der Waals surface area (Å²) in [5.41, 5.74) is 0.991. The van der Waals surface area contributed by atoms with Crippen LogP contribution in [-0.2, 0) is 0 Å². The molecule has 0 amide bonds. The summed E-state index contributed by atoms with van der Waals surface area (Å²) in [6.45, 7) is 3.00. The van der Waals surface area contributed by atoms with Crippen molar-refractivity contribution in [2.24, 2.45) is 5.92 Å². The Morgan fingerprint density at radius 1 is 1.38 bits per heavy atom. The minimum atomic E-state index is 0.686. The van der Waals surface area contributed by atoms with E-state index in [2.05, 4.69) is 20.6 Å². The van der Waals surface area contributed by atoms with Crippen molar-refractivity contribution in [1.29, 1.82) is 0 Å². The Morgan fingerprint density at radius 2 is 2.19 bits per heavy atom. The Bertz CT molecular complexity index is 347. The van der Waals surface area contributed by atoms with E-state index in [1.165, 1.54) is 25.7 Å². The summed E-state index contributed by atoms with van der Waals surface area (Å²) < 4.78 is 0. The second-order valence-corrected chi connectivity index (χ2v) is 4.48. The van der Waals surface area contributed by atoms with Gasteiger partial charge in [-0.3, -0.25) is 0 Å². The molecule has 0 bridgehead atoms. The largest absolute Gasteiger partial charge is 0.370 e. The monoisotopic (exact) mass is 220 g/mol. The number of hydrogen-bond donors (Lipinski definition) is 2. The molecule has 0 atom stereocenters. The number of hydrogen-bond acceptors (Lipinski definition) is 4. The predicted octanol–water partition coefficient (Wildman–Crippen LogP) is 2.43. The van der Waals surface area contributed by atoms with Crippen molar-refractivity contribution in [1.82, 2.24) is 9.97 Å². The van der Waals surface area contributed by atoms with Crippen LogP contribution in [0.1, 0.15) is 31.4 Å². The zero-order valence-electron chi connectivity index (χ0n) is 10.1. The van der Waals surface area contributed by atoms with Gasteiger partial charge in [0.1, 0.15) is 5.82 Å². The highest BCUT2D eigenvalue weighted by Gasteiger charge is 2.16. The van der Waals surface area contributed by atoms with Crippen molar-refractivity contribution in [2.45, 2.75) is 32.6 Å². The molecule has 2 N–H and O–H groups in total. The molecule has 16 heavy (non-hydrogen) atoms. The van der Waals surface area contributed by atoms with Crippen LogP contribution in [0, 0.1) is 12.8 Å². The van der Waals surface area contributed by atoms with Crippen molar-refractivity contribution in [3.8, 4) is 0 Å². The molecular weight excluding hydrogens is 200 g/mol. The highest BCUT2D eigenvalue weighted by molar-refractivity contribution is 5.41. The molecular formula is C12H20N4. The van der Waals surface area contributed by atoms with Crippen LogP contribution < -0.4 is 10.6 Å². The molecule has 0 unspecified atom stereocenters. The first kappa shape index (κ1) is 11.2. The molecule has 4 nitrogen and oxygen atoms in total. The number of aromatic nitrogens is 2. The van der Waals surface area contributed by atoms with Gasteiger partial charge in [-0.15, -0.1) is 0 Å². The molecule has 1 fully saturated rings. The van der Waals surface area contributed by atoms with Gasteiger partial charge in [-0.25, -0.2) is 4.98 Å². The van der Waals surface area contributed by atoms with Gasteiger partial charge in [0.2, 0.25) is 5.95 Å². The van der Waals surface area contributed by atoms with Crippen LogP contribution in [-0.4, -0.2) is 23.6 Å². The smallest absolute Gasteiger partial charge is 0.224 e. The zero-order valence-corrected chi connectivity index (χ0v) is 10.1. The van der Waals surface area contributed by atoms with Gasteiger partial charge in [0, 0.05) is 25.4 Å². The second-order valence-electron chi connectivity index (χ2n) is 4.48. The Hall–Kier alpha value is -1.32. The highest BCUT2D eigenvalue weighted by Crippen LogP contribution is 2.29. The summed E-state index contributed by atoms with van der Waals surface area (Å²) in [5, 5.41) is 6.34. The van der Waals surface area contributed by atoms with Crippen LogP contribution in [0.5, 0.6) is 0 Å². The topological polar surface area (TPSA) is 49.8 Å². The van der Waals surface area contributed by atoms with Crippen LogP contribution in [0.15, 0.2) is 6.07 Å². The Kier molecular flexibility index (Phi) is 3.59. The first-order valence-corrected chi connectivity index (χ1v) is 6.05. The summed E-state index contributed by atoms with van der Waals surface area (Å²) in [7, 11) is 1.84. The van der Waals surface area contributed by atoms with E-state index in [1.54, 1.807) is 0 Å². The molecule has 1 heterocycles. The quantitative estimate of drug-likeness (QED) is 0.800. The maximum Gasteiger partial charge on any atom is 0.224 e. The van der Waals surface area contributed by atoms with Gasteiger partial charge in [0.05, 0.1) is 0 Å². The third-order valence-electron chi connectivity index (χ3n) is 3.16. The average Bonchev–Trinajstić information content (AvgIpc) is 2.21. The van der Waals surface area contributed by atoms with Crippen LogP contribution in [0.2, 0.25) is 0 Å². The number of anilines is 2. The van der Waals surface area contributed by atoms with Crippen LogP contribution in [0.4, 0.5) is 11.8 Å². The fourth-order valence-electron chi connectivity index (χ4n) is 1.96. The third-order valence-corrected chi connectivity index (χ3v) is 3.16. The van der Waals surface area contributed by atoms with Crippen LogP contribution in [0.3, 0.4) is 0 Å². The zero-order chi connectivity index (χ0) is 11.4. The number of nitrogens with one attached hydrogen (secondary N) is 2. The molecule has 88 valence electrons. The van der Waals surface area contributed by atoms with Gasteiger partial charge >= 0.3 is 0 Å². The summed E-state index contributed by atoms with van der Waals surface area (Å²) >= 11 is 0. The maximum absolute atomic E-state index is 4.36.